The van der Waals surface area contributed by atoms with Crippen molar-refractivity contribution in [2.45, 2.75) is 47.0 Å². The SMILES string of the molecule is C[Se]C1([Se]C)CCCCC1. The maximum absolute atomic E-state index is 2.43. The zero-order valence-electron chi connectivity index (χ0n) is 6.85. The third kappa shape index (κ3) is 2.01. The van der Waals surface area contributed by atoms with Crippen LogP contribution in [0.2, 0.25) is 14.9 Å². The van der Waals surface area contributed by atoms with E-state index >= 15 is 0 Å². The molecule has 0 N–H and O–H groups in total. The van der Waals surface area contributed by atoms with Crippen molar-refractivity contribution in [3.05, 3.63) is 0 Å². The Morgan fingerprint density at radius 2 is 1.40 bits per heavy atom. The standard InChI is InChI=1S/C8H16Se2/c1-9-8(10-2)6-4-3-5-7-8/h3-7H2,1-2H3. The van der Waals surface area contributed by atoms with Crippen LogP contribution in [0.25, 0.3) is 0 Å². The van der Waals surface area contributed by atoms with Crippen molar-refractivity contribution in [2.24, 2.45) is 0 Å². The molecule has 0 amide bonds. The van der Waals surface area contributed by atoms with Crippen LogP contribution in [0, 0.1) is 0 Å². The van der Waals surface area contributed by atoms with Crippen LogP contribution >= 0.6 is 0 Å². The quantitative estimate of drug-likeness (QED) is 0.676. The van der Waals surface area contributed by atoms with Gasteiger partial charge in [-0.25, -0.2) is 0 Å². The summed E-state index contributed by atoms with van der Waals surface area (Å²) >= 11 is 1.84. The number of rotatable bonds is 2. The van der Waals surface area contributed by atoms with E-state index in [0.29, 0.717) is 0 Å². The summed E-state index contributed by atoms with van der Waals surface area (Å²) in [6.07, 6.45) is 7.66. The van der Waals surface area contributed by atoms with Crippen molar-refractivity contribution in [3.8, 4) is 0 Å². The zero-order valence-corrected chi connectivity index (χ0v) is 10.3. The molecule has 0 aliphatic heterocycles. The van der Waals surface area contributed by atoms with E-state index in [4.69, 9.17) is 0 Å². The summed E-state index contributed by atoms with van der Waals surface area (Å²) in [5.74, 6) is 4.87. The fourth-order valence-electron chi connectivity index (χ4n) is 1.58. The van der Waals surface area contributed by atoms with Gasteiger partial charge in [-0.1, -0.05) is 0 Å². The minimum absolute atomic E-state index is 0.887. The van der Waals surface area contributed by atoms with E-state index < -0.39 is 0 Å². The van der Waals surface area contributed by atoms with Gasteiger partial charge >= 0.3 is 76.9 Å². The fraction of sp³-hybridized carbons (Fsp3) is 1.00. The minimum atomic E-state index is 0.887. The molecule has 0 bridgehead atoms. The van der Waals surface area contributed by atoms with E-state index in [1.54, 1.807) is 12.8 Å². The van der Waals surface area contributed by atoms with Gasteiger partial charge in [-0.15, -0.1) is 0 Å². The van der Waals surface area contributed by atoms with Crippen LogP contribution in [0.3, 0.4) is 0 Å². The molecular formula is C8H16Se2. The summed E-state index contributed by atoms with van der Waals surface area (Å²) in [5.41, 5.74) is 0. The fourth-order valence-corrected chi connectivity index (χ4v) is 6.67. The Kier molecular flexibility index (Phi) is 3.80. The Balaban J connectivity index is 2.44. The van der Waals surface area contributed by atoms with Gasteiger partial charge < -0.3 is 0 Å². The van der Waals surface area contributed by atoms with Crippen molar-refractivity contribution >= 4 is 29.9 Å². The Labute approximate surface area is 76.8 Å². The summed E-state index contributed by atoms with van der Waals surface area (Å²) in [7, 11) is 0. The zero-order chi connectivity index (χ0) is 7.45. The van der Waals surface area contributed by atoms with E-state index in [1.165, 1.54) is 19.3 Å². The van der Waals surface area contributed by atoms with E-state index in [9.17, 15) is 0 Å². The molecule has 0 radical (unpaired) electrons. The van der Waals surface area contributed by atoms with Gasteiger partial charge in [0.05, 0.1) is 0 Å². The van der Waals surface area contributed by atoms with Gasteiger partial charge in [-0.05, 0) is 0 Å². The average molecular weight is 270 g/mol. The molecule has 0 saturated heterocycles. The first-order valence-electron chi connectivity index (χ1n) is 3.93. The van der Waals surface area contributed by atoms with Crippen molar-refractivity contribution < 1.29 is 0 Å². The molecule has 2 heteroatoms. The van der Waals surface area contributed by atoms with Gasteiger partial charge in [0.1, 0.15) is 0 Å². The average Bonchev–Trinajstić information content (AvgIpc) is 2.06. The first-order chi connectivity index (χ1) is 4.83. The molecule has 0 unspecified atom stereocenters. The van der Waals surface area contributed by atoms with Gasteiger partial charge in [0.2, 0.25) is 0 Å². The Hall–Kier alpha value is 1.04. The second-order valence-electron chi connectivity index (χ2n) is 2.88. The first-order valence-corrected chi connectivity index (χ1v) is 9.07. The van der Waals surface area contributed by atoms with Gasteiger partial charge in [0.25, 0.3) is 0 Å². The molecule has 10 heavy (non-hydrogen) atoms. The molecule has 0 spiro atoms. The van der Waals surface area contributed by atoms with E-state index in [2.05, 4.69) is 11.6 Å². The molecule has 1 aliphatic rings. The predicted molar refractivity (Wildman–Crippen MR) is 49.0 cm³/mol. The Bertz CT molecular complexity index is 89.4. The molecule has 1 rings (SSSR count). The van der Waals surface area contributed by atoms with Crippen LogP contribution < -0.4 is 0 Å². The van der Waals surface area contributed by atoms with Crippen molar-refractivity contribution in [2.75, 3.05) is 0 Å². The van der Waals surface area contributed by atoms with Crippen LogP contribution in [0.15, 0.2) is 0 Å². The molecule has 0 aromatic heterocycles. The van der Waals surface area contributed by atoms with Gasteiger partial charge in [-0.3, -0.25) is 0 Å². The van der Waals surface area contributed by atoms with Crippen LogP contribution in [-0.4, -0.2) is 29.9 Å². The van der Waals surface area contributed by atoms with E-state index in [0.717, 1.165) is 33.1 Å². The van der Waals surface area contributed by atoms with Crippen molar-refractivity contribution in [1.29, 1.82) is 0 Å². The van der Waals surface area contributed by atoms with Gasteiger partial charge in [0, 0.05) is 0 Å². The molecule has 1 saturated carbocycles. The van der Waals surface area contributed by atoms with Crippen LogP contribution in [0.4, 0.5) is 0 Å². The molecule has 0 aromatic carbocycles. The van der Waals surface area contributed by atoms with Crippen LogP contribution in [-0.2, 0) is 0 Å². The third-order valence-corrected chi connectivity index (χ3v) is 10.8. The summed E-state index contributed by atoms with van der Waals surface area (Å²) in [6, 6.07) is 0. The van der Waals surface area contributed by atoms with Crippen molar-refractivity contribution in [1.82, 2.24) is 0 Å². The molecule has 0 atom stereocenters. The van der Waals surface area contributed by atoms with Crippen molar-refractivity contribution in [3.63, 3.8) is 0 Å². The van der Waals surface area contributed by atoms with Gasteiger partial charge in [0.15, 0.2) is 0 Å². The van der Waals surface area contributed by atoms with E-state index in [1.807, 2.05) is 0 Å². The topological polar surface area (TPSA) is 0 Å². The van der Waals surface area contributed by atoms with E-state index in [-0.39, 0.29) is 0 Å². The molecule has 1 fully saturated rings. The molecule has 0 nitrogen and oxygen atoms in total. The molecule has 0 aromatic rings. The molecule has 1 aliphatic carbocycles. The maximum atomic E-state index is 2.43. The van der Waals surface area contributed by atoms with Crippen LogP contribution in [0.5, 0.6) is 0 Å². The number of hydrogen-bond acceptors (Lipinski definition) is 0. The second kappa shape index (κ2) is 4.16. The molecule has 60 valence electrons. The summed E-state index contributed by atoms with van der Waals surface area (Å²) in [6.45, 7) is 0. The summed E-state index contributed by atoms with van der Waals surface area (Å²) in [4.78, 5) is 0. The second-order valence-corrected chi connectivity index (χ2v) is 9.18. The summed E-state index contributed by atoms with van der Waals surface area (Å²) < 4.78 is 0.887. The monoisotopic (exact) mass is 272 g/mol. The summed E-state index contributed by atoms with van der Waals surface area (Å²) in [5, 5.41) is 0. The first kappa shape index (κ1) is 9.13. The third-order valence-electron chi connectivity index (χ3n) is 2.36. The predicted octanol–water partition coefficient (Wildman–Crippen LogP) is 2.57. The van der Waals surface area contributed by atoms with Gasteiger partial charge in [-0.2, -0.15) is 0 Å². The van der Waals surface area contributed by atoms with Crippen LogP contribution in [0.1, 0.15) is 32.1 Å². The Morgan fingerprint density at radius 1 is 0.900 bits per heavy atom. The number of hydrogen-bond donors (Lipinski definition) is 0. The normalized spacial score (nSPS) is 24.6. The Morgan fingerprint density at radius 3 is 1.70 bits per heavy atom. The molecule has 0 heterocycles. The molecular weight excluding hydrogens is 254 g/mol.